The minimum atomic E-state index is -0.332. The van der Waals surface area contributed by atoms with Crippen molar-refractivity contribution < 1.29 is 4.79 Å². The molecule has 1 nitrogen and oxygen atoms in total. The summed E-state index contributed by atoms with van der Waals surface area (Å²) in [6.07, 6.45) is 1.25. The van der Waals surface area contributed by atoms with Crippen molar-refractivity contribution in [1.82, 2.24) is 0 Å². The molecule has 0 bridgehead atoms. The van der Waals surface area contributed by atoms with Gasteiger partial charge in [0.25, 0.3) is 0 Å². The second kappa shape index (κ2) is 13.1. The highest BCUT2D eigenvalue weighted by Gasteiger charge is 2.30. The minimum absolute atomic E-state index is 0.0378. The number of halogens is 4. The third kappa shape index (κ3) is 7.10. The largest absolute Gasteiger partial charge is 0.297 e. The van der Waals surface area contributed by atoms with Crippen LogP contribution in [0.25, 0.3) is 0 Å². The molecule has 0 aromatic heterocycles. The van der Waals surface area contributed by atoms with E-state index < -0.39 is 0 Å². The smallest absolute Gasteiger partial charge is 0.160 e. The molecule has 4 aromatic rings. The molecular weight excluding hydrogens is 619 g/mol. The van der Waals surface area contributed by atoms with Crippen LogP contribution in [0.1, 0.15) is 46.9 Å². The van der Waals surface area contributed by atoms with E-state index in [0.717, 1.165) is 22.3 Å². The average molecular weight is 645 g/mol. The molecule has 0 saturated heterocycles. The van der Waals surface area contributed by atoms with Crippen molar-refractivity contribution >= 4 is 60.8 Å². The summed E-state index contributed by atoms with van der Waals surface area (Å²) >= 11 is 20.1. The normalized spacial score (nSPS) is 14.6. The molecule has 5 heteroatoms. The third-order valence-corrected chi connectivity index (χ3v) is 8.53. The zero-order valence-electron chi connectivity index (χ0n) is 19.5. The van der Waals surface area contributed by atoms with Gasteiger partial charge in [0, 0.05) is 21.9 Å². The first-order valence-electron chi connectivity index (χ1n) is 11.8. The highest BCUT2D eigenvalue weighted by atomic mass is 79.9. The van der Waals surface area contributed by atoms with Crippen molar-refractivity contribution in [3.63, 3.8) is 0 Å². The van der Waals surface area contributed by atoms with Crippen LogP contribution in [0.2, 0.25) is 10.0 Å². The highest BCUT2D eigenvalue weighted by molar-refractivity contribution is 9.10. The maximum Gasteiger partial charge on any atom is 0.160 e. The van der Waals surface area contributed by atoms with Gasteiger partial charge in [0.1, 0.15) is 0 Å². The van der Waals surface area contributed by atoms with E-state index in [2.05, 4.69) is 68.3 Å². The molecule has 0 N–H and O–H groups in total. The van der Waals surface area contributed by atoms with Crippen molar-refractivity contribution in [3.05, 3.63) is 141 Å². The number of benzene rings is 4. The van der Waals surface area contributed by atoms with Crippen LogP contribution in [-0.4, -0.2) is 15.4 Å². The molecule has 0 saturated carbocycles. The third-order valence-electron chi connectivity index (χ3n) is 6.41. The Labute approximate surface area is 240 Å². The maximum absolute atomic E-state index is 13.6. The number of Topliss-reactive ketones (excluding diaryl/α,β-unsaturated/α-hetero) is 1. The van der Waals surface area contributed by atoms with Crippen LogP contribution in [0.15, 0.2) is 109 Å². The summed E-state index contributed by atoms with van der Waals surface area (Å²) < 4.78 is 0. The van der Waals surface area contributed by atoms with Crippen molar-refractivity contribution in [2.24, 2.45) is 0 Å². The van der Waals surface area contributed by atoms with E-state index in [1.807, 2.05) is 72.8 Å². The molecule has 4 atom stereocenters. The van der Waals surface area contributed by atoms with Crippen LogP contribution < -0.4 is 0 Å². The molecule has 184 valence electrons. The fraction of sp³-hybridized carbons (Fsp3) is 0.194. The summed E-state index contributed by atoms with van der Waals surface area (Å²) in [5.41, 5.74) is 4.50. The van der Waals surface area contributed by atoms with E-state index >= 15 is 0 Å². The number of carbonyl (C=O) groups is 1. The van der Waals surface area contributed by atoms with Gasteiger partial charge in [0.05, 0.1) is 9.65 Å². The van der Waals surface area contributed by atoms with E-state index in [1.54, 1.807) is 0 Å². The molecule has 0 aliphatic carbocycles. The number of carbonyl (C=O) groups excluding carboxylic acids is 1. The average Bonchev–Trinajstić information content (AvgIpc) is 2.90. The van der Waals surface area contributed by atoms with Gasteiger partial charge in [-0.15, -0.1) is 0 Å². The van der Waals surface area contributed by atoms with E-state index in [9.17, 15) is 4.79 Å². The molecule has 0 aliphatic heterocycles. The van der Waals surface area contributed by atoms with Gasteiger partial charge in [0.2, 0.25) is 0 Å². The lowest BCUT2D eigenvalue weighted by Gasteiger charge is -2.25. The number of hydrogen-bond acceptors (Lipinski definition) is 1. The van der Waals surface area contributed by atoms with Gasteiger partial charge in [-0.2, -0.15) is 0 Å². The predicted molar refractivity (Wildman–Crippen MR) is 159 cm³/mol. The van der Waals surface area contributed by atoms with Crippen LogP contribution in [0, 0.1) is 0 Å². The zero-order chi connectivity index (χ0) is 25.5. The minimum Gasteiger partial charge on any atom is -0.297 e. The Morgan fingerprint density at radius 1 is 0.556 bits per heavy atom. The Bertz CT molecular complexity index is 1180. The predicted octanol–water partition coefficient (Wildman–Crippen LogP) is 9.83. The monoisotopic (exact) mass is 642 g/mol. The fourth-order valence-electron chi connectivity index (χ4n) is 4.59. The van der Waals surface area contributed by atoms with Gasteiger partial charge in [0.15, 0.2) is 5.78 Å². The summed E-state index contributed by atoms with van der Waals surface area (Å²) in [5, 5.41) is 1.38. The molecule has 0 radical (unpaired) electrons. The molecule has 0 fully saturated rings. The van der Waals surface area contributed by atoms with E-state index in [0.29, 0.717) is 22.9 Å². The van der Waals surface area contributed by atoms with Gasteiger partial charge >= 0.3 is 0 Å². The van der Waals surface area contributed by atoms with Gasteiger partial charge in [-0.25, -0.2) is 0 Å². The molecule has 4 rings (SSSR count). The second-order valence-corrected chi connectivity index (χ2v) is 11.9. The lowest BCUT2D eigenvalue weighted by molar-refractivity contribution is -0.118. The molecule has 0 spiro atoms. The van der Waals surface area contributed by atoms with Crippen molar-refractivity contribution in [3.8, 4) is 0 Å². The molecule has 0 amide bonds. The van der Waals surface area contributed by atoms with Crippen LogP contribution >= 0.6 is 55.1 Å². The van der Waals surface area contributed by atoms with Crippen LogP contribution in [-0.2, 0) is 4.79 Å². The molecule has 4 unspecified atom stereocenters. The number of rotatable bonds is 10. The number of ketones is 1. The van der Waals surface area contributed by atoms with E-state index in [4.69, 9.17) is 23.2 Å². The highest BCUT2D eigenvalue weighted by Crippen LogP contribution is 2.36. The first-order chi connectivity index (χ1) is 17.4. The first kappa shape index (κ1) is 27.1. The topological polar surface area (TPSA) is 17.1 Å². The summed E-state index contributed by atoms with van der Waals surface area (Å²) in [7, 11) is 0. The Kier molecular flexibility index (Phi) is 9.84. The molecule has 4 aromatic carbocycles. The van der Waals surface area contributed by atoms with Crippen molar-refractivity contribution in [2.45, 2.75) is 34.3 Å². The lowest BCUT2D eigenvalue weighted by Crippen LogP contribution is -2.27. The Morgan fingerprint density at radius 2 is 0.917 bits per heavy atom. The van der Waals surface area contributed by atoms with E-state index in [-0.39, 0.29) is 27.3 Å². The van der Waals surface area contributed by atoms with Gasteiger partial charge < -0.3 is 0 Å². The Morgan fingerprint density at radius 3 is 1.28 bits per heavy atom. The number of alkyl halides is 2. The Balaban J connectivity index is 1.55. The van der Waals surface area contributed by atoms with Gasteiger partial charge in [-0.05, 0) is 59.4 Å². The van der Waals surface area contributed by atoms with Crippen LogP contribution in [0.5, 0.6) is 0 Å². The van der Waals surface area contributed by atoms with Crippen LogP contribution in [0.4, 0.5) is 0 Å². The summed E-state index contributed by atoms with van der Waals surface area (Å²) in [5.74, 6) is 0.201. The number of hydrogen-bond donors (Lipinski definition) is 0. The molecular formula is C31H26Br2Cl2O. The fourth-order valence-corrected chi connectivity index (χ4v) is 6.73. The standard InChI is InChI=1S/C31H26Br2Cl2O/c32-29(19-27(21-9-3-1-4-10-21)23-13-7-15-25(34)17-23)31(36)30(33)20-28(22-11-5-2-6-12-22)24-14-8-16-26(35)18-24/h1-18,27-30H,19-20H2. The van der Waals surface area contributed by atoms with E-state index in [1.165, 1.54) is 0 Å². The maximum atomic E-state index is 13.6. The quantitative estimate of drug-likeness (QED) is 0.157. The second-order valence-electron chi connectivity index (χ2n) is 8.85. The van der Waals surface area contributed by atoms with Gasteiger partial charge in [-0.3, -0.25) is 4.79 Å². The van der Waals surface area contributed by atoms with Gasteiger partial charge in [-0.1, -0.05) is 140 Å². The zero-order valence-corrected chi connectivity index (χ0v) is 24.2. The molecule has 0 heterocycles. The Hall–Kier alpha value is -1.91. The van der Waals surface area contributed by atoms with Crippen molar-refractivity contribution in [2.75, 3.05) is 0 Å². The van der Waals surface area contributed by atoms with Crippen molar-refractivity contribution in [1.29, 1.82) is 0 Å². The molecule has 36 heavy (non-hydrogen) atoms. The summed E-state index contributed by atoms with van der Waals surface area (Å²) in [6.45, 7) is 0. The SMILES string of the molecule is O=C(C(Br)CC(c1ccccc1)c1cccc(Cl)c1)C(Br)CC(c1ccccc1)c1cccc(Cl)c1. The lowest BCUT2D eigenvalue weighted by atomic mass is 9.84. The summed E-state index contributed by atoms with van der Waals surface area (Å²) in [4.78, 5) is 13.0. The van der Waals surface area contributed by atoms with Crippen LogP contribution in [0.3, 0.4) is 0 Å². The molecule has 0 aliphatic rings. The summed E-state index contributed by atoms with van der Waals surface area (Å²) in [6, 6.07) is 36.3. The first-order valence-corrected chi connectivity index (χ1v) is 14.4.